The number of rotatable bonds is 4. The van der Waals surface area contributed by atoms with Gasteiger partial charge in [-0.05, 0) is 53.1 Å². The van der Waals surface area contributed by atoms with Gasteiger partial charge in [0.15, 0.2) is 5.75 Å². The molecule has 0 aliphatic rings. The molecule has 28 heavy (non-hydrogen) atoms. The van der Waals surface area contributed by atoms with Crippen LogP contribution >= 0.6 is 11.6 Å². The number of hydroxylamine groups is 1. The number of amides is 1. The smallest absolute Gasteiger partial charge is 0.379 e. The van der Waals surface area contributed by atoms with Crippen LogP contribution in [0, 0.1) is 0 Å². The van der Waals surface area contributed by atoms with Crippen molar-refractivity contribution in [2.45, 2.75) is 13.1 Å². The molecule has 0 saturated heterocycles. The van der Waals surface area contributed by atoms with Crippen LogP contribution in [0.3, 0.4) is 0 Å². The molecule has 1 amide bonds. The van der Waals surface area contributed by atoms with Crippen molar-refractivity contribution < 1.29 is 22.8 Å². The number of aromatic nitrogens is 1. The van der Waals surface area contributed by atoms with Crippen molar-refractivity contribution in [1.29, 1.82) is 0 Å². The molecule has 3 aromatic rings. The van der Waals surface area contributed by atoms with Crippen molar-refractivity contribution >= 4 is 17.5 Å². The van der Waals surface area contributed by atoms with E-state index in [1.165, 1.54) is 19.1 Å². The second kappa shape index (κ2) is 7.90. The highest BCUT2D eigenvalue weighted by Gasteiger charge is 2.33. The van der Waals surface area contributed by atoms with Gasteiger partial charge in [-0.15, -0.1) is 0 Å². The first kappa shape index (κ1) is 19.7. The van der Waals surface area contributed by atoms with Crippen molar-refractivity contribution in [2.24, 2.45) is 0 Å². The van der Waals surface area contributed by atoms with Crippen LogP contribution in [-0.2, 0) is 11.0 Å². The standard InChI is InChI=1S/C20H14ClF3N2O2/c1-12(27)26-28-19-5-3-14(13-6-8-25-9-7-13)10-16(19)15-2-4-18(21)17(11-15)20(22,23)24/h2-11H,1H3,(H,26,27). The zero-order valence-corrected chi connectivity index (χ0v) is 15.3. The highest BCUT2D eigenvalue weighted by molar-refractivity contribution is 6.31. The van der Waals surface area contributed by atoms with Crippen molar-refractivity contribution in [3.05, 3.63) is 71.5 Å². The molecule has 0 bridgehead atoms. The van der Waals surface area contributed by atoms with E-state index >= 15 is 0 Å². The Bertz CT molecular complexity index is 1010. The lowest BCUT2D eigenvalue weighted by Crippen LogP contribution is -2.24. The second-order valence-corrected chi connectivity index (χ2v) is 6.31. The van der Waals surface area contributed by atoms with E-state index in [1.54, 1.807) is 42.7 Å². The Kier molecular flexibility index (Phi) is 5.56. The number of pyridine rings is 1. The lowest BCUT2D eigenvalue weighted by molar-refractivity contribution is -0.137. The summed E-state index contributed by atoms with van der Waals surface area (Å²) in [5.74, 6) is -0.250. The van der Waals surface area contributed by atoms with Crippen LogP contribution in [0.4, 0.5) is 13.2 Å². The molecule has 1 aromatic heterocycles. The Hall–Kier alpha value is -3.06. The fourth-order valence-corrected chi connectivity index (χ4v) is 2.83. The summed E-state index contributed by atoms with van der Waals surface area (Å²) in [6.45, 7) is 1.26. The van der Waals surface area contributed by atoms with Crippen LogP contribution in [0.25, 0.3) is 22.3 Å². The van der Waals surface area contributed by atoms with Gasteiger partial charge in [-0.2, -0.15) is 18.7 Å². The second-order valence-electron chi connectivity index (χ2n) is 5.90. The molecule has 8 heteroatoms. The molecule has 1 N–H and O–H groups in total. The number of hydrogen-bond donors (Lipinski definition) is 1. The van der Waals surface area contributed by atoms with E-state index in [-0.39, 0.29) is 11.3 Å². The number of nitrogens with one attached hydrogen (secondary N) is 1. The van der Waals surface area contributed by atoms with E-state index in [0.29, 0.717) is 5.56 Å². The van der Waals surface area contributed by atoms with E-state index < -0.39 is 22.7 Å². The Labute approximate surface area is 163 Å². The first-order valence-corrected chi connectivity index (χ1v) is 8.48. The molecule has 1 heterocycles. The maximum Gasteiger partial charge on any atom is 0.417 e. The minimum absolute atomic E-state index is 0.198. The van der Waals surface area contributed by atoms with Gasteiger partial charge in [0, 0.05) is 24.9 Å². The van der Waals surface area contributed by atoms with E-state index in [2.05, 4.69) is 10.5 Å². The van der Waals surface area contributed by atoms with Crippen molar-refractivity contribution in [2.75, 3.05) is 0 Å². The Morgan fingerprint density at radius 3 is 2.32 bits per heavy atom. The number of carbonyl (C=O) groups excluding carboxylic acids is 1. The lowest BCUT2D eigenvalue weighted by Gasteiger charge is -2.15. The SMILES string of the molecule is CC(=O)NOc1ccc(-c2ccncc2)cc1-c1ccc(Cl)c(C(F)(F)F)c1. The Morgan fingerprint density at radius 2 is 1.68 bits per heavy atom. The van der Waals surface area contributed by atoms with Gasteiger partial charge in [0.05, 0.1) is 10.6 Å². The number of nitrogens with zero attached hydrogens (tertiary/aromatic N) is 1. The van der Waals surface area contributed by atoms with Gasteiger partial charge in [-0.3, -0.25) is 9.78 Å². The third-order valence-corrected chi connectivity index (χ3v) is 4.21. The maximum absolute atomic E-state index is 13.3. The van der Waals surface area contributed by atoms with Gasteiger partial charge < -0.3 is 4.84 Å². The summed E-state index contributed by atoms with van der Waals surface area (Å²) in [5.41, 5.74) is 3.42. The minimum Gasteiger partial charge on any atom is -0.379 e. The maximum atomic E-state index is 13.3. The predicted octanol–water partition coefficient (Wildman–Crippen LogP) is 5.52. The number of carbonyl (C=O) groups is 1. The van der Waals surface area contributed by atoms with E-state index in [4.69, 9.17) is 16.4 Å². The van der Waals surface area contributed by atoms with Crippen LogP contribution in [0.1, 0.15) is 12.5 Å². The largest absolute Gasteiger partial charge is 0.417 e. The summed E-state index contributed by atoms with van der Waals surface area (Å²) >= 11 is 5.72. The van der Waals surface area contributed by atoms with Crippen LogP contribution in [0.5, 0.6) is 5.75 Å². The van der Waals surface area contributed by atoms with Gasteiger partial charge in [-0.25, -0.2) is 0 Å². The highest BCUT2D eigenvalue weighted by Crippen LogP contribution is 2.40. The van der Waals surface area contributed by atoms with Crippen molar-refractivity contribution in [3.63, 3.8) is 0 Å². The van der Waals surface area contributed by atoms with Crippen molar-refractivity contribution in [3.8, 4) is 28.0 Å². The van der Waals surface area contributed by atoms with Crippen LogP contribution < -0.4 is 10.3 Å². The summed E-state index contributed by atoms with van der Waals surface area (Å²) in [4.78, 5) is 20.4. The first-order valence-electron chi connectivity index (χ1n) is 8.10. The fourth-order valence-electron chi connectivity index (χ4n) is 2.61. The topological polar surface area (TPSA) is 51.2 Å². The summed E-state index contributed by atoms with van der Waals surface area (Å²) in [7, 11) is 0. The molecule has 3 rings (SSSR count). The molecule has 0 spiro atoms. The highest BCUT2D eigenvalue weighted by atomic mass is 35.5. The quantitative estimate of drug-likeness (QED) is 0.580. The molecule has 144 valence electrons. The number of benzene rings is 2. The summed E-state index contributed by atoms with van der Waals surface area (Å²) in [6, 6.07) is 12.1. The summed E-state index contributed by atoms with van der Waals surface area (Å²) in [6.07, 6.45) is -1.38. The Balaban J connectivity index is 2.14. The van der Waals surface area contributed by atoms with Gasteiger partial charge in [-0.1, -0.05) is 23.7 Å². The molecule has 2 aromatic carbocycles. The Morgan fingerprint density at radius 1 is 1.00 bits per heavy atom. The van der Waals surface area contributed by atoms with Gasteiger partial charge in [0.1, 0.15) is 0 Å². The number of hydrogen-bond acceptors (Lipinski definition) is 3. The summed E-state index contributed by atoms with van der Waals surface area (Å²) < 4.78 is 39.8. The zero-order valence-electron chi connectivity index (χ0n) is 14.5. The third kappa shape index (κ3) is 4.43. The molecule has 0 fully saturated rings. The molecule has 0 saturated carbocycles. The summed E-state index contributed by atoms with van der Waals surface area (Å²) in [5, 5.41) is -0.397. The van der Waals surface area contributed by atoms with Crippen LogP contribution in [0.15, 0.2) is 60.9 Å². The molecule has 0 radical (unpaired) electrons. The molecule has 0 unspecified atom stereocenters. The molecule has 4 nitrogen and oxygen atoms in total. The van der Waals surface area contributed by atoms with Gasteiger partial charge in [0.25, 0.3) is 0 Å². The van der Waals surface area contributed by atoms with E-state index in [0.717, 1.165) is 17.2 Å². The number of alkyl halides is 3. The van der Waals surface area contributed by atoms with E-state index in [9.17, 15) is 18.0 Å². The lowest BCUT2D eigenvalue weighted by atomic mass is 9.97. The average molecular weight is 407 g/mol. The normalized spacial score (nSPS) is 11.2. The predicted molar refractivity (Wildman–Crippen MR) is 99.6 cm³/mol. The fraction of sp³-hybridized carbons (Fsp3) is 0.100. The molecule has 0 atom stereocenters. The molecule has 0 aliphatic heterocycles. The minimum atomic E-state index is -4.60. The van der Waals surface area contributed by atoms with E-state index in [1.807, 2.05) is 0 Å². The van der Waals surface area contributed by atoms with Gasteiger partial charge >= 0.3 is 6.18 Å². The average Bonchev–Trinajstić information content (AvgIpc) is 2.66. The molecule has 0 aliphatic carbocycles. The van der Waals surface area contributed by atoms with Crippen LogP contribution in [-0.4, -0.2) is 10.9 Å². The van der Waals surface area contributed by atoms with Crippen LogP contribution in [0.2, 0.25) is 5.02 Å². The molecular formula is C20H14ClF3N2O2. The van der Waals surface area contributed by atoms with Crippen molar-refractivity contribution in [1.82, 2.24) is 10.5 Å². The zero-order chi connectivity index (χ0) is 20.3. The third-order valence-electron chi connectivity index (χ3n) is 3.88. The molecular weight excluding hydrogens is 393 g/mol. The monoisotopic (exact) mass is 406 g/mol. The van der Waals surface area contributed by atoms with Gasteiger partial charge in [0.2, 0.25) is 5.91 Å². The number of halogens is 4. The first-order chi connectivity index (χ1) is 13.3.